The van der Waals surface area contributed by atoms with Gasteiger partial charge in [0, 0.05) is 19.6 Å². The van der Waals surface area contributed by atoms with Crippen LogP contribution in [-0.4, -0.2) is 89.0 Å². The summed E-state index contributed by atoms with van der Waals surface area (Å²) in [5.74, 6) is -2.23. The third-order valence-corrected chi connectivity index (χ3v) is 10.2. The lowest BCUT2D eigenvalue weighted by Gasteiger charge is -2.39. The van der Waals surface area contributed by atoms with Crippen molar-refractivity contribution in [1.29, 1.82) is 0 Å². The van der Waals surface area contributed by atoms with E-state index < -0.39 is 64.5 Å². The van der Waals surface area contributed by atoms with Gasteiger partial charge >= 0.3 is 6.03 Å². The monoisotopic (exact) mass is 646 g/mol. The van der Waals surface area contributed by atoms with Crippen LogP contribution in [0, 0.1) is 40.4 Å². The van der Waals surface area contributed by atoms with E-state index >= 15 is 0 Å². The number of carbonyl (C=O) groups excluding carboxylic acids is 6. The van der Waals surface area contributed by atoms with Gasteiger partial charge in [-0.15, -0.1) is 0 Å². The van der Waals surface area contributed by atoms with Crippen molar-refractivity contribution in [2.24, 2.45) is 46.2 Å². The maximum absolute atomic E-state index is 14.4. The normalized spacial score (nSPS) is 24.6. The first-order chi connectivity index (χ1) is 21.2. The summed E-state index contributed by atoms with van der Waals surface area (Å²) in [7, 11) is 0. The number of piperidine rings is 1. The van der Waals surface area contributed by atoms with Crippen LogP contribution < -0.4 is 21.7 Å². The van der Waals surface area contributed by atoms with Gasteiger partial charge in [-0.2, -0.15) is 0 Å². The van der Waals surface area contributed by atoms with E-state index in [1.165, 1.54) is 4.90 Å². The number of primary amides is 1. The standard InChI is InChI=1S/C34H58N6O6/c1-11-39(12-2)30(44)26(33(5,6)7)37-32(46)38-27(34(8,9)10)31(45)40-17-20-22(18(3)4)23(20)24(40)29(43)36-21(25(41)28(35)42)16-19-14-13-15-19/h18-24,26-27H,11-17H2,1-10H3,(H2,35,42)(H,36,43)(H2,37,38,46)/t20-,21?,22?,23-,24+,26-,27-/m1/s1. The molecule has 0 spiro atoms. The molecule has 1 heterocycles. The lowest BCUT2D eigenvalue weighted by atomic mass is 9.80. The molecule has 12 heteroatoms. The molecule has 3 rings (SSSR count). The Balaban J connectivity index is 1.86. The molecule has 2 unspecified atom stereocenters. The van der Waals surface area contributed by atoms with Crippen LogP contribution in [0.15, 0.2) is 0 Å². The number of Topliss-reactive ketones (excluding diaryl/α,β-unsaturated/α-hetero) is 1. The summed E-state index contributed by atoms with van der Waals surface area (Å²) < 4.78 is 0. The summed E-state index contributed by atoms with van der Waals surface area (Å²) in [5.41, 5.74) is 4.01. The summed E-state index contributed by atoms with van der Waals surface area (Å²) in [6.45, 7) is 20.4. The molecule has 3 fully saturated rings. The summed E-state index contributed by atoms with van der Waals surface area (Å²) in [4.78, 5) is 83.0. The van der Waals surface area contributed by atoms with Gasteiger partial charge in [-0.3, -0.25) is 24.0 Å². The molecule has 1 aliphatic heterocycles. The van der Waals surface area contributed by atoms with Crippen molar-refractivity contribution in [3.05, 3.63) is 0 Å². The van der Waals surface area contributed by atoms with E-state index in [1.807, 2.05) is 55.4 Å². The maximum Gasteiger partial charge on any atom is 0.316 e. The van der Waals surface area contributed by atoms with Gasteiger partial charge in [0.1, 0.15) is 18.1 Å². The number of likely N-dealkylation sites (tertiary alicyclic amines) is 1. The third-order valence-electron chi connectivity index (χ3n) is 10.2. The molecule has 46 heavy (non-hydrogen) atoms. The van der Waals surface area contributed by atoms with Crippen LogP contribution in [-0.2, 0) is 24.0 Å². The Kier molecular flexibility index (Phi) is 11.6. The molecule has 3 aliphatic rings. The van der Waals surface area contributed by atoms with Gasteiger partial charge in [0.2, 0.25) is 23.5 Å². The molecule has 1 saturated heterocycles. The van der Waals surface area contributed by atoms with Crippen LogP contribution in [0.25, 0.3) is 0 Å². The van der Waals surface area contributed by atoms with E-state index in [-0.39, 0.29) is 29.6 Å². The van der Waals surface area contributed by atoms with Crippen molar-refractivity contribution in [3.8, 4) is 0 Å². The maximum atomic E-state index is 14.4. The number of hydrogen-bond donors (Lipinski definition) is 4. The van der Waals surface area contributed by atoms with Crippen LogP contribution in [0.5, 0.6) is 0 Å². The third kappa shape index (κ3) is 8.20. The van der Waals surface area contributed by atoms with Gasteiger partial charge in [0.15, 0.2) is 0 Å². The van der Waals surface area contributed by atoms with E-state index in [4.69, 9.17) is 5.73 Å². The lowest BCUT2D eigenvalue weighted by molar-refractivity contribution is -0.145. The highest BCUT2D eigenvalue weighted by Crippen LogP contribution is 2.59. The van der Waals surface area contributed by atoms with Crippen LogP contribution in [0.2, 0.25) is 0 Å². The zero-order valence-electron chi connectivity index (χ0n) is 29.6. The fourth-order valence-electron chi connectivity index (χ4n) is 7.35. The fraction of sp³-hybridized carbons (Fsp3) is 0.824. The molecule has 0 aromatic carbocycles. The molecule has 5 N–H and O–H groups in total. The number of nitrogens with zero attached hydrogens (tertiary/aromatic N) is 2. The molecule has 2 saturated carbocycles. The van der Waals surface area contributed by atoms with Gasteiger partial charge in [0.25, 0.3) is 5.91 Å². The van der Waals surface area contributed by atoms with Crippen molar-refractivity contribution in [3.63, 3.8) is 0 Å². The molecule has 6 amide bonds. The molecule has 0 radical (unpaired) electrons. The number of rotatable bonds is 13. The van der Waals surface area contributed by atoms with E-state index in [0.717, 1.165) is 19.3 Å². The van der Waals surface area contributed by atoms with E-state index in [1.54, 1.807) is 4.90 Å². The minimum atomic E-state index is -1.09. The van der Waals surface area contributed by atoms with Crippen molar-refractivity contribution < 1.29 is 28.8 Å². The largest absolute Gasteiger partial charge is 0.363 e. The Morgan fingerprint density at radius 1 is 0.870 bits per heavy atom. The van der Waals surface area contributed by atoms with Gasteiger partial charge in [-0.1, -0.05) is 74.7 Å². The Bertz CT molecular complexity index is 1180. The number of fused-ring (bicyclic) bond motifs is 1. The predicted molar refractivity (Wildman–Crippen MR) is 175 cm³/mol. The summed E-state index contributed by atoms with van der Waals surface area (Å²) >= 11 is 0. The van der Waals surface area contributed by atoms with Crippen molar-refractivity contribution >= 4 is 35.4 Å². The number of hydrogen-bond acceptors (Lipinski definition) is 6. The first-order valence-corrected chi connectivity index (χ1v) is 17.0. The topological polar surface area (TPSA) is 171 Å². The molecule has 0 aromatic rings. The Hall–Kier alpha value is -3.18. The average Bonchev–Trinajstić information content (AvgIpc) is 3.50. The van der Waals surface area contributed by atoms with Crippen LogP contribution >= 0.6 is 0 Å². The Morgan fingerprint density at radius 2 is 1.41 bits per heavy atom. The second-order valence-corrected chi connectivity index (χ2v) is 16.0. The second-order valence-electron chi connectivity index (χ2n) is 16.0. The minimum Gasteiger partial charge on any atom is -0.363 e. The lowest BCUT2D eigenvalue weighted by Crippen LogP contribution is -2.63. The number of amides is 6. The number of carbonyl (C=O) groups is 6. The predicted octanol–water partition coefficient (Wildman–Crippen LogP) is 2.44. The SMILES string of the molecule is CCN(CC)C(=O)[C@@H](NC(=O)N[C@H](C(=O)N1C[C@@H]2C(C(C)C)[C@@H]2[C@H]1C(=O)NC(CC1CCC1)C(=O)C(N)=O)C(C)(C)C)C(C)(C)C. The Labute approximate surface area is 274 Å². The zero-order valence-corrected chi connectivity index (χ0v) is 29.6. The first kappa shape index (κ1) is 37.3. The van der Waals surface area contributed by atoms with Crippen LogP contribution in [0.4, 0.5) is 4.79 Å². The number of ketones is 1. The van der Waals surface area contributed by atoms with Gasteiger partial charge < -0.3 is 31.5 Å². The highest BCUT2D eigenvalue weighted by atomic mass is 16.2. The molecule has 12 nitrogen and oxygen atoms in total. The fourth-order valence-corrected chi connectivity index (χ4v) is 7.35. The van der Waals surface area contributed by atoms with Gasteiger partial charge in [0.05, 0.1) is 6.04 Å². The highest BCUT2D eigenvalue weighted by molar-refractivity contribution is 6.37. The Morgan fingerprint density at radius 3 is 1.85 bits per heavy atom. The number of urea groups is 1. The first-order valence-electron chi connectivity index (χ1n) is 17.0. The molecule has 7 atom stereocenters. The van der Waals surface area contributed by atoms with E-state index in [2.05, 4.69) is 29.8 Å². The molecular formula is C34H58N6O6. The van der Waals surface area contributed by atoms with Crippen LogP contribution in [0.3, 0.4) is 0 Å². The van der Waals surface area contributed by atoms with Crippen molar-refractivity contribution in [1.82, 2.24) is 25.8 Å². The van der Waals surface area contributed by atoms with Crippen molar-refractivity contribution in [2.75, 3.05) is 19.6 Å². The quantitative estimate of drug-likeness (QED) is 0.224. The molecular weight excluding hydrogens is 588 g/mol. The smallest absolute Gasteiger partial charge is 0.316 e. The number of likely N-dealkylation sites (N-methyl/N-ethyl adjacent to an activating group) is 1. The molecule has 0 aromatic heterocycles. The van der Waals surface area contributed by atoms with E-state index in [9.17, 15) is 28.8 Å². The zero-order chi connectivity index (χ0) is 34.9. The summed E-state index contributed by atoms with van der Waals surface area (Å²) in [6.07, 6.45) is 3.22. The number of nitrogens with one attached hydrogen (secondary N) is 3. The van der Waals surface area contributed by atoms with Crippen LogP contribution in [0.1, 0.15) is 94.9 Å². The van der Waals surface area contributed by atoms with Gasteiger partial charge in [-0.25, -0.2) is 4.79 Å². The molecule has 260 valence electrons. The van der Waals surface area contributed by atoms with Crippen molar-refractivity contribution in [2.45, 2.75) is 119 Å². The summed E-state index contributed by atoms with van der Waals surface area (Å²) in [6, 6.07) is -4.38. The number of nitrogens with two attached hydrogens (primary N) is 1. The molecule has 0 bridgehead atoms. The average molecular weight is 647 g/mol. The van der Waals surface area contributed by atoms with Gasteiger partial charge in [-0.05, 0) is 60.7 Å². The van der Waals surface area contributed by atoms with E-state index in [0.29, 0.717) is 32.0 Å². The minimum absolute atomic E-state index is 0.0941. The second kappa shape index (κ2) is 14.3. The molecule has 2 aliphatic carbocycles. The highest BCUT2D eigenvalue weighted by Gasteiger charge is 2.65. The summed E-state index contributed by atoms with van der Waals surface area (Å²) in [5, 5.41) is 8.49.